The van der Waals surface area contributed by atoms with Crippen molar-refractivity contribution in [2.75, 3.05) is 0 Å². The predicted molar refractivity (Wildman–Crippen MR) is 289 cm³/mol. The van der Waals surface area contributed by atoms with Crippen LogP contribution in [0, 0.1) is 125 Å². The van der Waals surface area contributed by atoms with Crippen molar-refractivity contribution in [3.8, 4) is 0 Å². The minimum absolute atomic E-state index is 1.04. The van der Waals surface area contributed by atoms with Gasteiger partial charge in [-0.2, -0.15) is 0 Å². The minimum atomic E-state index is 1.04. The Balaban J connectivity index is 0.000000423. The Morgan fingerprint density at radius 1 is 0.324 bits per heavy atom. The highest BCUT2D eigenvalue weighted by atomic mass is 15.0. The average Bonchev–Trinajstić information content (AvgIpc) is 3.33. The fraction of sp³-hybridized carbons (Fsp3) is 0.448. The van der Waals surface area contributed by atoms with E-state index in [1.807, 2.05) is 237 Å². The molecule has 0 aliphatic carbocycles. The molecule has 0 saturated heterocycles. The first-order valence-electron chi connectivity index (χ1n) is 24.8. The van der Waals surface area contributed by atoms with E-state index in [0.29, 0.717) is 0 Å². The lowest BCUT2D eigenvalue weighted by molar-refractivity contribution is -0.687. The molecule has 0 amide bonds. The molecule has 8 aromatic heterocycles. The maximum Gasteiger partial charge on any atom is 0.295 e. The van der Waals surface area contributed by atoms with Gasteiger partial charge in [-0.15, -0.1) is 0 Å². The van der Waals surface area contributed by atoms with E-state index in [-0.39, 0.29) is 0 Å². The quantitative estimate of drug-likeness (QED) is 0.198. The Labute approximate surface area is 445 Å². The molecular weight excluding hydrogens is 921 g/mol. The minimum Gasteiger partial charge on any atom is -0.252 e. The van der Waals surface area contributed by atoms with Gasteiger partial charge < -0.3 is 0 Å². The van der Waals surface area contributed by atoms with E-state index in [9.17, 15) is 0 Å². The van der Waals surface area contributed by atoms with Crippen molar-refractivity contribution in [1.29, 1.82) is 0 Å². The molecule has 8 heterocycles. The first-order valence-corrected chi connectivity index (χ1v) is 24.8. The third-order valence-corrected chi connectivity index (χ3v) is 12.5. The molecule has 8 rings (SSSR count). The van der Waals surface area contributed by atoms with Crippen molar-refractivity contribution in [1.82, 2.24) is 39.9 Å². The lowest BCUT2D eigenvalue weighted by atomic mass is 10.3. The fourth-order valence-electron chi connectivity index (χ4n) is 6.26. The molecule has 0 aromatic carbocycles. The van der Waals surface area contributed by atoms with Crippen LogP contribution in [0.15, 0.2) is 86.4 Å². The molecule has 0 fully saturated rings. The SMILES string of the molecule is Cc1c[n+](C)c(C)c(C)n1.Cc1c[n+](C)c(C)cn1.Cc1cc(C)[n+](C)c(C)n1.Cc1cc[n+](C)c(C)n1.Cc1ccnc(C)[n+]1C.Cc1cnc(C)[n+](C)c1.Cc1cncc(C)[n+]1C.Cc1ncc[n+](C)c1C. The van der Waals surface area contributed by atoms with Gasteiger partial charge in [-0.3, -0.25) is 4.98 Å². The third kappa shape index (κ3) is 23.5. The molecule has 0 saturated carbocycles. The van der Waals surface area contributed by atoms with Gasteiger partial charge in [0.2, 0.25) is 0 Å². The Kier molecular flexibility index (Phi) is 27.9. The van der Waals surface area contributed by atoms with E-state index in [1.54, 1.807) is 0 Å². The van der Waals surface area contributed by atoms with Gasteiger partial charge in [0, 0.05) is 99.9 Å². The Hall–Kier alpha value is -7.36. The molecule has 0 N–H and O–H groups in total. The van der Waals surface area contributed by atoms with Crippen molar-refractivity contribution >= 4 is 0 Å². The van der Waals surface area contributed by atoms with Crippen LogP contribution in [0.3, 0.4) is 0 Å². The number of aromatic nitrogens is 16. The highest BCUT2D eigenvalue weighted by Gasteiger charge is 2.08. The van der Waals surface area contributed by atoms with Gasteiger partial charge in [0.1, 0.15) is 74.7 Å². The van der Waals surface area contributed by atoms with Crippen molar-refractivity contribution in [2.45, 2.75) is 125 Å². The summed E-state index contributed by atoms with van der Waals surface area (Å²) in [6.07, 6.45) is 21.1. The molecule has 0 aliphatic rings. The topological polar surface area (TPSA) is 134 Å². The summed E-state index contributed by atoms with van der Waals surface area (Å²) in [7, 11) is 16.1. The van der Waals surface area contributed by atoms with Gasteiger partial charge in [-0.05, 0) is 48.5 Å². The summed E-state index contributed by atoms with van der Waals surface area (Å²) in [6, 6.07) is 6.06. The standard InChI is InChI=1S/2C8H13N2.6C7H11N2/c1-6-5-10(4)8(3)7(2)9-6;1-6-5-7(2)10(4)8(3)9-6;1-6-5-9(3)7(2)4-8-6;1-6-4-8-5-7(2)9(6)3;1-6-4-8-7(2)9(3)5-6;1-6-7(2)9(3)5-4-8-6;1-6-4-5-9(3)7(2)8-6;1-6-4-5-8-7(2)9(6)3/h2*5H,1-4H3;6*4-5H,1-3H3/q8*+1. The van der Waals surface area contributed by atoms with Crippen LogP contribution in [-0.2, 0) is 56.4 Å². The zero-order chi connectivity index (χ0) is 56.6. The zero-order valence-corrected chi connectivity index (χ0v) is 50.2. The van der Waals surface area contributed by atoms with Crippen LogP contribution in [0.1, 0.15) is 103 Å². The largest absolute Gasteiger partial charge is 0.295 e. The molecule has 396 valence electrons. The maximum atomic E-state index is 4.31. The molecule has 0 atom stereocenters. The summed E-state index contributed by atoms with van der Waals surface area (Å²) in [6.45, 7) is 36.5. The monoisotopic (exact) mass is 1010 g/mol. The van der Waals surface area contributed by atoms with E-state index in [2.05, 4.69) is 107 Å². The Morgan fingerprint density at radius 3 is 1.34 bits per heavy atom. The van der Waals surface area contributed by atoms with Gasteiger partial charge in [-0.1, -0.05) is 19.9 Å². The normalized spacial score (nSPS) is 9.76. The third-order valence-electron chi connectivity index (χ3n) is 12.5. The number of hydrogen-bond acceptors (Lipinski definition) is 8. The molecular formula is C58H92N16+8. The van der Waals surface area contributed by atoms with Crippen LogP contribution in [0.25, 0.3) is 0 Å². The van der Waals surface area contributed by atoms with Gasteiger partial charge in [0.25, 0.3) is 23.3 Å². The van der Waals surface area contributed by atoms with E-state index in [4.69, 9.17) is 0 Å². The van der Waals surface area contributed by atoms with Crippen molar-refractivity contribution < 1.29 is 36.5 Å². The van der Waals surface area contributed by atoms with Crippen molar-refractivity contribution in [2.24, 2.45) is 56.4 Å². The summed E-state index contributed by atoms with van der Waals surface area (Å²) >= 11 is 0. The molecule has 0 aliphatic heterocycles. The second-order valence-corrected chi connectivity index (χ2v) is 18.8. The van der Waals surface area contributed by atoms with Gasteiger partial charge in [0.05, 0.1) is 65.4 Å². The smallest absolute Gasteiger partial charge is 0.252 e. The summed E-state index contributed by atoms with van der Waals surface area (Å²) < 4.78 is 16.4. The lowest BCUT2D eigenvalue weighted by Crippen LogP contribution is -2.36. The molecule has 0 radical (unpaired) electrons. The number of hydrogen-bond donors (Lipinski definition) is 0. The highest BCUT2D eigenvalue weighted by Crippen LogP contribution is 1.97. The van der Waals surface area contributed by atoms with E-state index in [0.717, 1.165) is 57.5 Å². The molecule has 74 heavy (non-hydrogen) atoms. The second kappa shape index (κ2) is 32.0. The van der Waals surface area contributed by atoms with Crippen LogP contribution in [0.2, 0.25) is 0 Å². The molecule has 8 aromatic rings. The number of aryl methyl sites for hydroxylation is 21. The number of rotatable bonds is 0. The summed E-state index contributed by atoms with van der Waals surface area (Å²) in [5.41, 5.74) is 16.2. The van der Waals surface area contributed by atoms with Gasteiger partial charge >= 0.3 is 0 Å². The zero-order valence-electron chi connectivity index (χ0n) is 50.2. The Morgan fingerprint density at radius 2 is 0.892 bits per heavy atom. The first-order chi connectivity index (χ1) is 34.5. The fourth-order valence-corrected chi connectivity index (χ4v) is 6.26. The number of nitrogens with zero attached hydrogens (tertiary/aromatic N) is 16. The van der Waals surface area contributed by atoms with E-state index in [1.165, 1.54) is 45.4 Å². The van der Waals surface area contributed by atoms with Crippen LogP contribution in [-0.4, -0.2) is 39.9 Å². The van der Waals surface area contributed by atoms with Crippen LogP contribution < -0.4 is 36.5 Å². The highest BCUT2D eigenvalue weighted by molar-refractivity contribution is 5.04. The maximum absolute atomic E-state index is 4.31. The Bertz CT molecular complexity index is 2640. The van der Waals surface area contributed by atoms with E-state index < -0.39 is 0 Å². The molecule has 0 bridgehead atoms. The van der Waals surface area contributed by atoms with Gasteiger partial charge in [-0.25, -0.2) is 51.5 Å². The molecule has 0 spiro atoms. The second-order valence-electron chi connectivity index (χ2n) is 18.8. The van der Waals surface area contributed by atoms with Crippen LogP contribution >= 0.6 is 0 Å². The average molecular weight is 1010 g/mol. The van der Waals surface area contributed by atoms with Crippen LogP contribution in [0.5, 0.6) is 0 Å². The van der Waals surface area contributed by atoms with Crippen LogP contribution in [0.4, 0.5) is 0 Å². The first kappa shape index (κ1) is 64.7. The molecule has 16 nitrogen and oxygen atoms in total. The van der Waals surface area contributed by atoms with Gasteiger partial charge in [0.15, 0.2) is 58.4 Å². The predicted octanol–water partition coefficient (Wildman–Crippen LogP) is 4.80. The summed E-state index contributed by atoms with van der Waals surface area (Å²) in [5, 5.41) is 0. The lowest BCUT2D eigenvalue weighted by Gasteiger charge is -1.97. The van der Waals surface area contributed by atoms with Crippen molar-refractivity contribution in [3.63, 3.8) is 0 Å². The molecule has 0 unspecified atom stereocenters. The van der Waals surface area contributed by atoms with Crippen molar-refractivity contribution in [3.05, 3.63) is 189 Å². The summed E-state index contributed by atoms with van der Waals surface area (Å²) in [5.74, 6) is 4.21. The molecule has 16 heteroatoms. The van der Waals surface area contributed by atoms with E-state index >= 15 is 0 Å². The summed E-state index contributed by atoms with van der Waals surface area (Å²) in [4.78, 5) is 33.4.